The Labute approximate surface area is 161 Å². The minimum atomic E-state index is -4.30. The van der Waals surface area contributed by atoms with Gasteiger partial charge in [-0.1, -0.05) is 51.1 Å². The van der Waals surface area contributed by atoms with Gasteiger partial charge in [-0.2, -0.15) is 13.2 Å². The second-order valence-corrected chi connectivity index (χ2v) is 11.1. The van der Waals surface area contributed by atoms with Crippen molar-refractivity contribution in [2.45, 2.75) is 76.9 Å². The van der Waals surface area contributed by atoms with E-state index < -0.39 is 40.1 Å². The van der Waals surface area contributed by atoms with E-state index >= 15 is 0 Å². The number of alkyl carbamates (subject to hydrolysis) is 1. The van der Waals surface area contributed by atoms with Gasteiger partial charge in [0.1, 0.15) is 6.61 Å². The van der Waals surface area contributed by atoms with Crippen LogP contribution in [0.2, 0.25) is 5.04 Å². The molecule has 1 unspecified atom stereocenters. The zero-order chi connectivity index (χ0) is 20.7. The normalized spacial score (nSPS) is 14.4. The summed E-state index contributed by atoms with van der Waals surface area (Å²) in [6, 6.07) is 8.27. The molecule has 1 aromatic carbocycles. The highest BCUT2D eigenvalue weighted by Gasteiger charge is 2.37. The van der Waals surface area contributed by atoms with Gasteiger partial charge >= 0.3 is 12.3 Å². The molecule has 0 saturated heterocycles. The fourth-order valence-electron chi connectivity index (χ4n) is 2.31. The molecule has 0 fully saturated rings. The number of ether oxygens (including phenoxy) is 1. The summed E-state index contributed by atoms with van der Waals surface area (Å²) in [5.74, 6) is 0. The molecule has 0 spiro atoms. The van der Waals surface area contributed by atoms with Crippen molar-refractivity contribution in [1.82, 2.24) is 5.32 Å². The third kappa shape index (κ3) is 10.4. The van der Waals surface area contributed by atoms with Crippen LogP contribution in [0, 0.1) is 0 Å². The predicted octanol–water partition coefficient (Wildman–Crippen LogP) is 4.72. The van der Waals surface area contributed by atoms with E-state index in [0.29, 0.717) is 0 Å². The molecule has 8 heteroatoms. The number of rotatable bonds is 8. The third-order valence-corrected chi connectivity index (χ3v) is 5.69. The molecule has 0 bridgehead atoms. The monoisotopic (exact) mass is 405 g/mol. The van der Waals surface area contributed by atoms with E-state index in [1.54, 1.807) is 26.0 Å². The zero-order valence-corrected chi connectivity index (χ0v) is 18.1. The first kappa shape index (κ1) is 23.5. The topological polar surface area (TPSA) is 47.6 Å². The smallest absolute Gasteiger partial charge is 0.407 e. The van der Waals surface area contributed by atoms with Crippen molar-refractivity contribution < 1.29 is 27.1 Å². The van der Waals surface area contributed by atoms with Crippen LogP contribution in [-0.2, 0) is 15.8 Å². The first-order chi connectivity index (χ1) is 12.3. The average molecular weight is 406 g/mol. The highest BCUT2D eigenvalue weighted by atomic mass is 28.2. The summed E-state index contributed by atoms with van der Waals surface area (Å²) in [5.41, 5.74) is -0.119. The van der Waals surface area contributed by atoms with E-state index in [2.05, 4.69) is 5.32 Å². The third-order valence-electron chi connectivity index (χ3n) is 3.94. The molecule has 0 radical (unpaired) electrons. The maximum Gasteiger partial charge on any atom is 0.407 e. The Morgan fingerprint density at radius 3 is 2.22 bits per heavy atom. The quantitative estimate of drug-likeness (QED) is 0.637. The van der Waals surface area contributed by atoms with Gasteiger partial charge in [0.25, 0.3) is 0 Å². The van der Waals surface area contributed by atoms with Gasteiger partial charge in [0.2, 0.25) is 0 Å². The minimum absolute atomic E-state index is 0.0142. The molecule has 0 saturated carbocycles. The minimum Gasteiger partial charge on any atom is -0.445 e. The molecule has 0 aliphatic rings. The van der Waals surface area contributed by atoms with E-state index in [9.17, 15) is 18.0 Å². The molecule has 154 valence electrons. The summed E-state index contributed by atoms with van der Waals surface area (Å²) < 4.78 is 49.3. The first-order valence-electron chi connectivity index (χ1n) is 8.96. The van der Waals surface area contributed by atoms with Gasteiger partial charge < -0.3 is 14.5 Å². The highest BCUT2D eigenvalue weighted by Crippen LogP contribution is 2.29. The number of alkyl halides is 3. The van der Waals surface area contributed by atoms with Crippen LogP contribution >= 0.6 is 0 Å². The number of nitrogens with one attached hydrogen (secondary N) is 1. The van der Waals surface area contributed by atoms with Crippen molar-refractivity contribution in [3.8, 4) is 0 Å². The van der Waals surface area contributed by atoms with E-state index in [0.717, 1.165) is 5.56 Å². The summed E-state index contributed by atoms with van der Waals surface area (Å²) in [7, 11) is -1.01. The maximum absolute atomic E-state index is 12.7. The Hall–Kier alpha value is -1.54. The Morgan fingerprint density at radius 2 is 1.70 bits per heavy atom. The van der Waals surface area contributed by atoms with E-state index in [1.807, 2.05) is 39.0 Å². The van der Waals surface area contributed by atoms with Crippen molar-refractivity contribution >= 4 is 15.9 Å². The maximum atomic E-state index is 12.7. The molecular formula is C19H30F3NO3Si. The lowest BCUT2D eigenvalue weighted by Crippen LogP contribution is -2.52. The molecule has 0 aliphatic heterocycles. The Balaban J connectivity index is 2.73. The molecular weight excluding hydrogens is 375 g/mol. The summed E-state index contributed by atoms with van der Waals surface area (Å²) in [6.45, 7) is 9.57. The van der Waals surface area contributed by atoms with Crippen molar-refractivity contribution in [2.24, 2.45) is 0 Å². The molecule has 4 nitrogen and oxygen atoms in total. The van der Waals surface area contributed by atoms with Crippen LogP contribution in [-0.4, -0.2) is 33.7 Å². The van der Waals surface area contributed by atoms with Crippen LogP contribution in [0.3, 0.4) is 0 Å². The van der Waals surface area contributed by atoms with E-state index in [1.165, 1.54) is 0 Å². The largest absolute Gasteiger partial charge is 0.445 e. The van der Waals surface area contributed by atoms with Crippen LogP contribution in [0.25, 0.3) is 0 Å². The number of amides is 1. The van der Waals surface area contributed by atoms with Crippen molar-refractivity contribution in [2.75, 3.05) is 0 Å². The number of halogens is 3. The zero-order valence-electron chi connectivity index (χ0n) is 16.7. The summed E-state index contributed by atoms with van der Waals surface area (Å²) in [5, 5.41) is 2.56. The van der Waals surface area contributed by atoms with Gasteiger partial charge in [-0.25, -0.2) is 4.79 Å². The van der Waals surface area contributed by atoms with Crippen LogP contribution in [0.4, 0.5) is 18.0 Å². The number of carbonyl (C=O) groups excluding carboxylic acids is 1. The summed E-state index contributed by atoms with van der Waals surface area (Å²) >= 11 is 0. The molecule has 0 aliphatic carbocycles. The first-order valence-corrected chi connectivity index (χ1v) is 10.2. The molecule has 0 heterocycles. The van der Waals surface area contributed by atoms with E-state index in [-0.39, 0.29) is 18.1 Å². The molecule has 0 aromatic heterocycles. The molecule has 27 heavy (non-hydrogen) atoms. The van der Waals surface area contributed by atoms with Crippen molar-refractivity contribution in [1.29, 1.82) is 0 Å². The molecule has 1 N–H and O–H groups in total. The van der Waals surface area contributed by atoms with E-state index in [4.69, 9.17) is 9.16 Å². The van der Waals surface area contributed by atoms with Crippen LogP contribution in [0.5, 0.6) is 0 Å². The Bertz CT molecular complexity index is 586. The fourth-order valence-corrected chi connectivity index (χ4v) is 3.32. The molecule has 1 amide bonds. The Morgan fingerprint density at radius 1 is 1.11 bits per heavy atom. The highest BCUT2D eigenvalue weighted by molar-refractivity contribution is 6.31. The number of hydrogen-bond acceptors (Lipinski definition) is 3. The van der Waals surface area contributed by atoms with Gasteiger partial charge in [-0.15, -0.1) is 0 Å². The SMILES string of the molecule is CC(C)(C)[SiH2]OC(C)(C)C(CCC(F)(F)F)NC(=O)OCc1ccccc1. The lowest BCUT2D eigenvalue weighted by atomic mass is 9.94. The lowest BCUT2D eigenvalue weighted by Gasteiger charge is -2.37. The number of benzene rings is 1. The number of carbonyl (C=O) groups is 1. The van der Waals surface area contributed by atoms with Gasteiger partial charge in [-0.05, 0) is 30.9 Å². The van der Waals surface area contributed by atoms with Crippen molar-refractivity contribution in [3.05, 3.63) is 35.9 Å². The van der Waals surface area contributed by atoms with Gasteiger partial charge in [-0.3, -0.25) is 0 Å². The average Bonchev–Trinajstić information content (AvgIpc) is 2.54. The summed E-state index contributed by atoms with van der Waals surface area (Å²) in [4.78, 5) is 12.1. The van der Waals surface area contributed by atoms with Crippen molar-refractivity contribution in [3.63, 3.8) is 0 Å². The lowest BCUT2D eigenvalue weighted by molar-refractivity contribution is -0.138. The second kappa shape index (κ2) is 9.59. The van der Waals surface area contributed by atoms with Gasteiger partial charge in [0.15, 0.2) is 9.76 Å². The number of hydrogen-bond donors (Lipinski definition) is 1. The van der Waals surface area contributed by atoms with Crippen LogP contribution in [0.15, 0.2) is 30.3 Å². The molecule has 1 atom stereocenters. The Kier molecular flexibility index (Phi) is 8.35. The van der Waals surface area contributed by atoms with Crippen LogP contribution in [0.1, 0.15) is 53.0 Å². The molecule has 1 rings (SSSR count). The fraction of sp³-hybridized carbons (Fsp3) is 0.632. The van der Waals surface area contributed by atoms with Crippen LogP contribution < -0.4 is 5.32 Å². The van der Waals surface area contributed by atoms with Gasteiger partial charge in [0.05, 0.1) is 11.6 Å². The standard InChI is InChI=1S/C19H30F3NO3Si/c1-17(2,3)27-26-18(4,5)15(11-12-19(20,21)22)23-16(24)25-13-14-9-7-6-8-10-14/h6-10,15H,11-13,27H2,1-5H3,(H,23,24). The predicted molar refractivity (Wildman–Crippen MR) is 102 cm³/mol. The summed E-state index contributed by atoms with van der Waals surface area (Å²) in [6.07, 6.45) is -6.32. The second-order valence-electron chi connectivity index (χ2n) is 8.37. The van der Waals surface area contributed by atoms with Gasteiger partial charge in [0, 0.05) is 6.42 Å². The molecule has 1 aromatic rings.